The van der Waals surface area contributed by atoms with Crippen LogP contribution in [0.1, 0.15) is 20.8 Å². The fourth-order valence-electron chi connectivity index (χ4n) is 1.75. The van der Waals surface area contributed by atoms with E-state index in [-0.39, 0.29) is 17.9 Å². The van der Waals surface area contributed by atoms with Gasteiger partial charge in [-0.25, -0.2) is 0 Å². The molecule has 1 rings (SSSR count). The molecule has 1 N–H and O–H groups in total. The number of ether oxygens (including phenoxy) is 1. The smallest absolute Gasteiger partial charge is 0.229 e. The van der Waals surface area contributed by atoms with Crippen LogP contribution in [-0.4, -0.2) is 30.0 Å². The Morgan fingerprint density at radius 2 is 2.07 bits per heavy atom. The van der Waals surface area contributed by atoms with Crippen molar-refractivity contribution in [1.82, 2.24) is 5.32 Å². The van der Waals surface area contributed by atoms with Crippen LogP contribution in [0.25, 0.3) is 0 Å². The number of nitrogens with one attached hydrogen (secondary N) is 1. The van der Waals surface area contributed by atoms with Gasteiger partial charge in [-0.2, -0.15) is 0 Å². The number of hydrogen-bond acceptors (Lipinski definition) is 2. The highest BCUT2D eigenvalue weighted by atomic mass is 35.5. The van der Waals surface area contributed by atoms with Crippen molar-refractivity contribution in [3.05, 3.63) is 0 Å². The first-order chi connectivity index (χ1) is 6.78. The van der Waals surface area contributed by atoms with Crippen LogP contribution >= 0.6 is 23.2 Å². The van der Waals surface area contributed by atoms with E-state index >= 15 is 0 Å². The Morgan fingerprint density at radius 3 is 2.40 bits per heavy atom. The average Bonchev–Trinajstić information content (AvgIpc) is 2.52. The third kappa shape index (κ3) is 1.97. The first-order valence-corrected chi connectivity index (χ1v) is 5.71. The van der Waals surface area contributed by atoms with Crippen molar-refractivity contribution in [3.8, 4) is 0 Å². The molecule has 0 radical (unpaired) electrons. The van der Waals surface area contributed by atoms with Gasteiger partial charge in [-0.3, -0.25) is 4.79 Å². The van der Waals surface area contributed by atoms with Crippen molar-refractivity contribution < 1.29 is 9.53 Å². The summed E-state index contributed by atoms with van der Waals surface area (Å²) in [6, 6.07) is -0.0312. The van der Waals surface area contributed by atoms with E-state index in [1.807, 2.05) is 13.8 Å². The Hall–Kier alpha value is 0.01000. The second-order valence-corrected chi connectivity index (χ2v) is 5.76. The summed E-state index contributed by atoms with van der Waals surface area (Å²) in [5, 5.41) is 2.84. The summed E-state index contributed by atoms with van der Waals surface area (Å²) in [6.45, 7) is 6.02. The lowest BCUT2D eigenvalue weighted by molar-refractivity contribution is -0.127. The molecule has 1 aliphatic carbocycles. The normalized spacial score (nSPS) is 34.7. The number of amides is 1. The van der Waals surface area contributed by atoms with Crippen molar-refractivity contribution in [2.24, 2.45) is 11.3 Å². The number of rotatable bonds is 4. The van der Waals surface area contributed by atoms with Crippen LogP contribution in [-0.2, 0) is 9.53 Å². The molecular weight excluding hydrogens is 237 g/mol. The Balaban J connectivity index is 2.57. The van der Waals surface area contributed by atoms with E-state index < -0.39 is 9.75 Å². The maximum Gasteiger partial charge on any atom is 0.229 e. The van der Waals surface area contributed by atoms with Crippen LogP contribution in [0.2, 0.25) is 0 Å². The molecule has 1 saturated carbocycles. The molecule has 0 aromatic heterocycles. The molecule has 1 aliphatic rings. The topological polar surface area (TPSA) is 38.3 Å². The standard InChI is InChI=1S/C10H17Cl2NO2/c1-6(5-15-4)13-8(14)9(3)7(2)10(9,11)12/h6-7H,5H2,1-4H3,(H,13,14). The zero-order valence-electron chi connectivity index (χ0n) is 9.43. The third-order valence-electron chi connectivity index (χ3n) is 3.28. The highest BCUT2D eigenvalue weighted by Gasteiger charge is 2.74. The fraction of sp³-hybridized carbons (Fsp3) is 0.900. The predicted octanol–water partition coefficient (Wildman–Crippen LogP) is 1.97. The van der Waals surface area contributed by atoms with Crippen LogP contribution in [0.4, 0.5) is 0 Å². The number of carbonyl (C=O) groups is 1. The van der Waals surface area contributed by atoms with Gasteiger partial charge in [0, 0.05) is 19.1 Å². The number of halogens is 2. The molecule has 1 amide bonds. The average molecular weight is 254 g/mol. The Labute approximate surface area is 100 Å². The summed E-state index contributed by atoms with van der Waals surface area (Å²) in [6.07, 6.45) is 0. The van der Waals surface area contributed by atoms with Crippen molar-refractivity contribution in [1.29, 1.82) is 0 Å². The zero-order valence-corrected chi connectivity index (χ0v) is 10.9. The maximum absolute atomic E-state index is 11.9. The van der Waals surface area contributed by atoms with Crippen LogP contribution in [0.15, 0.2) is 0 Å². The lowest BCUT2D eigenvalue weighted by Gasteiger charge is -2.17. The van der Waals surface area contributed by atoms with E-state index in [1.165, 1.54) is 0 Å². The van der Waals surface area contributed by atoms with Gasteiger partial charge in [-0.15, -0.1) is 23.2 Å². The van der Waals surface area contributed by atoms with Crippen LogP contribution in [0.5, 0.6) is 0 Å². The number of hydrogen-bond donors (Lipinski definition) is 1. The summed E-state index contributed by atoms with van der Waals surface area (Å²) in [5.74, 6) is -0.132. The highest BCUT2D eigenvalue weighted by molar-refractivity contribution is 6.53. The number of carbonyl (C=O) groups excluding carboxylic acids is 1. The van der Waals surface area contributed by atoms with Gasteiger partial charge in [0.15, 0.2) is 0 Å². The molecule has 0 heterocycles. The first-order valence-electron chi connectivity index (χ1n) is 4.96. The molecule has 1 fully saturated rings. The molecule has 0 aromatic rings. The number of methoxy groups -OCH3 is 1. The lowest BCUT2D eigenvalue weighted by atomic mass is 10.1. The summed E-state index contributed by atoms with van der Waals surface area (Å²) in [7, 11) is 1.59. The third-order valence-corrected chi connectivity index (χ3v) is 4.72. The van der Waals surface area contributed by atoms with Gasteiger partial charge >= 0.3 is 0 Å². The molecule has 3 unspecified atom stereocenters. The summed E-state index contributed by atoms with van der Waals surface area (Å²) in [4.78, 5) is 11.9. The highest BCUT2D eigenvalue weighted by Crippen LogP contribution is 2.68. The second kappa shape index (κ2) is 4.11. The molecule has 3 atom stereocenters. The van der Waals surface area contributed by atoms with E-state index in [0.29, 0.717) is 6.61 Å². The maximum atomic E-state index is 11.9. The molecule has 0 bridgehead atoms. The molecular formula is C10H17Cl2NO2. The predicted molar refractivity (Wildman–Crippen MR) is 61.2 cm³/mol. The van der Waals surface area contributed by atoms with Gasteiger partial charge in [0.2, 0.25) is 5.91 Å². The SMILES string of the molecule is COCC(C)NC(=O)C1(C)C(C)C1(Cl)Cl. The Bertz CT molecular complexity index is 270. The molecule has 0 aromatic carbocycles. The quantitative estimate of drug-likeness (QED) is 0.779. The van der Waals surface area contributed by atoms with E-state index in [9.17, 15) is 4.79 Å². The van der Waals surface area contributed by atoms with Gasteiger partial charge in [0.25, 0.3) is 0 Å². The van der Waals surface area contributed by atoms with E-state index in [0.717, 1.165) is 0 Å². The Kier molecular flexibility index (Phi) is 3.59. The second-order valence-electron chi connectivity index (χ2n) is 4.38. The van der Waals surface area contributed by atoms with E-state index in [1.54, 1.807) is 14.0 Å². The van der Waals surface area contributed by atoms with Gasteiger partial charge in [-0.1, -0.05) is 6.92 Å². The minimum Gasteiger partial charge on any atom is -0.383 e. The summed E-state index contributed by atoms with van der Waals surface area (Å²) >= 11 is 12.1. The Morgan fingerprint density at radius 1 is 1.60 bits per heavy atom. The van der Waals surface area contributed by atoms with E-state index in [2.05, 4.69) is 5.32 Å². The summed E-state index contributed by atoms with van der Waals surface area (Å²) < 4.78 is 4.00. The van der Waals surface area contributed by atoms with Gasteiger partial charge in [-0.05, 0) is 13.8 Å². The van der Waals surface area contributed by atoms with Gasteiger partial charge in [0.1, 0.15) is 4.33 Å². The van der Waals surface area contributed by atoms with Crippen LogP contribution in [0.3, 0.4) is 0 Å². The molecule has 5 heteroatoms. The number of alkyl halides is 2. The van der Waals surface area contributed by atoms with Crippen molar-refractivity contribution >= 4 is 29.1 Å². The molecule has 0 spiro atoms. The van der Waals surface area contributed by atoms with Gasteiger partial charge in [0.05, 0.1) is 12.0 Å². The van der Waals surface area contributed by atoms with Crippen LogP contribution in [0, 0.1) is 11.3 Å². The van der Waals surface area contributed by atoms with E-state index in [4.69, 9.17) is 27.9 Å². The lowest BCUT2D eigenvalue weighted by Crippen LogP contribution is -2.41. The molecule has 88 valence electrons. The minimum absolute atomic E-state index is 0.0249. The molecule has 0 saturated heterocycles. The van der Waals surface area contributed by atoms with Crippen molar-refractivity contribution in [3.63, 3.8) is 0 Å². The minimum atomic E-state index is -0.941. The first kappa shape index (κ1) is 13.1. The molecule has 0 aliphatic heterocycles. The fourth-order valence-corrected chi connectivity index (χ4v) is 2.58. The van der Waals surface area contributed by atoms with Gasteiger partial charge < -0.3 is 10.1 Å². The van der Waals surface area contributed by atoms with Crippen LogP contribution < -0.4 is 5.32 Å². The monoisotopic (exact) mass is 253 g/mol. The van der Waals surface area contributed by atoms with Crippen molar-refractivity contribution in [2.75, 3.05) is 13.7 Å². The molecule has 3 nitrogen and oxygen atoms in total. The summed E-state index contributed by atoms with van der Waals surface area (Å²) in [5.41, 5.74) is -0.682. The van der Waals surface area contributed by atoms with Crippen molar-refractivity contribution in [2.45, 2.75) is 31.1 Å². The molecule has 15 heavy (non-hydrogen) atoms. The largest absolute Gasteiger partial charge is 0.383 e. The zero-order chi connectivity index (χ0) is 11.9.